The van der Waals surface area contributed by atoms with Crippen molar-refractivity contribution in [2.24, 2.45) is 0 Å². The first-order valence-electron chi connectivity index (χ1n) is 7.46. The summed E-state index contributed by atoms with van der Waals surface area (Å²) in [6.45, 7) is 2.38. The molecular formula is C17H20N2O5S. The van der Waals surface area contributed by atoms with E-state index in [2.05, 4.69) is 0 Å². The number of hydrogen-bond acceptors (Lipinski definition) is 6. The maximum Gasteiger partial charge on any atom is 0.270 e. The van der Waals surface area contributed by atoms with Crippen molar-refractivity contribution < 1.29 is 18.1 Å². The third-order valence-corrected chi connectivity index (χ3v) is 4.97. The van der Waals surface area contributed by atoms with E-state index in [0.29, 0.717) is 12.2 Å². The zero-order chi connectivity index (χ0) is 18.8. The number of rotatable bonds is 6. The minimum Gasteiger partial charge on any atom is -0.496 e. The van der Waals surface area contributed by atoms with Crippen LogP contribution in [0.2, 0.25) is 0 Å². The quantitative estimate of drug-likeness (QED) is 0.578. The van der Waals surface area contributed by atoms with Gasteiger partial charge in [-0.3, -0.25) is 10.1 Å². The van der Waals surface area contributed by atoms with Gasteiger partial charge in [0.05, 0.1) is 22.6 Å². The number of ether oxygens (including phenoxy) is 1. The molecule has 0 radical (unpaired) electrons. The number of nitrogens with zero attached hydrogens (tertiary/aromatic N) is 2. The van der Waals surface area contributed by atoms with Gasteiger partial charge in [-0.15, -0.1) is 0 Å². The van der Waals surface area contributed by atoms with Gasteiger partial charge in [0.25, 0.3) is 5.69 Å². The molecule has 2 rings (SSSR count). The molecule has 8 heteroatoms. The Bertz CT molecular complexity index is 909. The minimum absolute atomic E-state index is 0.0607. The molecule has 0 saturated carbocycles. The highest BCUT2D eigenvalue weighted by molar-refractivity contribution is 7.90. The Morgan fingerprint density at radius 1 is 1.20 bits per heavy atom. The van der Waals surface area contributed by atoms with Crippen LogP contribution in [-0.2, 0) is 16.4 Å². The third-order valence-electron chi connectivity index (χ3n) is 3.84. The molecule has 0 aromatic heterocycles. The second-order valence-corrected chi connectivity index (χ2v) is 7.83. The van der Waals surface area contributed by atoms with Crippen molar-refractivity contribution in [2.45, 2.75) is 18.4 Å². The first kappa shape index (κ1) is 18.7. The number of nitro groups is 1. The van der Waals surface area contributed by atoms with Crippen molar-refractivity contribution in [1.29, 1.82) is 0 Å². The predicted octanol–water partition coefficient (Wildman–Crippen LogP) is 2.95. The van der Waals surface area contributed by atoms with E-state index in [1.807, 2.05) is 25.1 Å². The molecular weight excluding hydrogens is 344 g/mol. The standard InChI is InChI=1S/C17H20N2O5S/c1-12-9-13(5-8-16(12)24-3)11-18(2)15-7-6-14(19(20)21)10-17(15)25(4,22)23/h5-10H,11H2,1-4H3. The normalized spacial score (nSPS) is 11.2. The van der Waals surface area contributed by atoms with Crippen molar-refractivity contribution in [3.63, 3.8) is 0 Å². The lowest BCUT2D eigenvalue weighted by atomic mass is 10.1. The van der Waals surface area contributed by atoms with Crippen LogP contribution in [0.4, 0.5) is 11.4 Å². The molecule has 0 atom stereocenters. The molecule has 0 fully saturated rings. The summed E-state index contributed by atoms with van der Waals surface area (Å²) >= 11 is 0. The van der Waals surface area contributed by atoms with E-state index in [4.69, 9.17) is 4.74 Å². The van der Waals surface area contributed by atoms with Gasteiger partial charge in [-0.25, -0.2) is 8.42 Å². The fraction of sp³-hybridized carbons (Fsp3) is 0.294. The van der Waals surface area contributed by atoms with Crippen LogP contribution in [-0.4, -0.2) is 33.8 Å². The molecule has 0 aliphatic carbocycles. The summed E-state index contributed by atoms with van der Waals surface area (Å²) in [5, 5.41) is 10.9. The Kier molecular flexibility index (Phi) is 5.32. The van der Waals surface area contributed by atoms with Crippen LogP contribution in [0.5, 0.6) is 5.75 Å². The zero-order valence-electron chi connectivity index (χ0n) is 14.5. The van der Waals surface area contributed by atoms with Crippen LogP contribution in [0.15, 0.2) is 41.3 Å². The van der Waals surface area contributed by atoms with E-state index in [1.54, 1.807) is 19.1 Å². The number of aryl methyl sites for hydroxylation is 1. The fourth-order valence-electron chi connectivity index (χ4n) is 2.63. The monoisotopic (exact) mass is 364 g/mol. The van der Waals surface area contributed by atoms with E-state index < -0.39 is 14.8 Å². The van der Waals surface area contributed by atoms with Gasteiger partial charge in [0.2, 0.25) is 0 Å². The number of nitro benzene ring substituents is 1. The van der Waals surface area contributed by atoms with E-state index in [-0.39, 0.29) is 10.6 Å². The Morgan fingerprint density at radius 2 is 1.88 bits per heavy atom. The second kappa shape index (κ2) is 7.10. The van der Waals surface area contributed by atoms with E-state index >= 15 is 0 Å². The third kappa shape index (κ3) is 4.27. The van der Waals surface area contributed by atoms with Gasteiger partial charge in [0.15, 0.2) is 9.84 Å². The lowest BCUT2D eigenvalue weighted by Crippen LogP contribution is -2.19. The number of benzene rings is 2. The molecule has 0 aliphatic rings. The molecule has 25 heavy (non-hydrogen) atoms. The molecule has 0 spiro atoms. The smallest absolute Gasteiger partial charge is 0.270 e. The largest absolute Gasteiger partial charge is 0.496 e. The van der Waals surface area contributed by atoms with Gasteiger partial charge in [-0.05, 0) is 30.2 Å². The summed E-state index contributed by atoms with van der Waals surface area (Å²) < 4.78 is 29.3. The van der Waals surface area contributed by atoms with Crippen molar-refractivity contribution in [2.75, 3.05) is 25.3 Å². The maximum atomic E-state index is 12.1. The molecule has 0 amide bonds. The highest BCUT2D eigenvalue weighted by atomic mass is 32.2. The molecule has 2 aromatic carbocycles. The van der Waals surface area contributed by atoms with E-state index in [1.165, 1.54) is 12.1 Å². The van der Waals surface area contributed by atoms with Crippen LogP contribution >= 0.6 is 0 Å². The lowest BCUT2D eigenvalue weighted by Gasteiger charge is -2.22. The molecule has 0 unspecified atom stereocenters. The van der Waals surface area contributed by atoms with Crippen molar-refractivity contribution in [1.82, 2.24) is 0 Å². The van der Waals surface area contributed by atoms with Crippen LogP contribution in [0.1, 0.15) is 11.1 Å². The van der Waals surface area contributed by atoms with Gasteiger partial charge in [-0.1, -0.05) is 12.1 Å². The molecule has 0 bridgehead atoms. The molecule has 0 heterocycles. The van der Waals surface area contributed by atoms with Crippen molar-refractivity contribution in [3.8, 4) is 5.75 Å². The summed E-state index contributed by atoms with van der Waals surface area (Å²) in [5.74, 6) is 0.776. The Morgan fingerprint density at radius 3 is 2.40 bits per heavy atom. The summed E-state index contributed by atoms with van der Waals surface area (Å²) in [7, 11) is -0.266. The average molecular weight is 364 g/mol. The Balaban J connectivity index is 2.40. The second-order valence-electron chi connectivity index (χ2n) is 5.84. The number of anilines is 1. The van der Waals surface area contributed by atoms with Crippen LogP contribution < -0.4 is 9.64 Å². The molecule has 7 nitrogen and oxygen atoms in total. The summed E-state index contributed by atoms with van der Waals surface area (Å²) in [6.07, 6.45) is 1.04. The zero-order valence-corrected chi connectivity index (χ0v) is 15.3. The van der Waals surface area contributed by atoms with Crippen molar-refractivity contribution >= 4 is 21.2 Å². The van der Waals surface area contributed by atoms with Gasteiger partial charge in [0.1, 0.15) is 5.75 Å². The highest BCUT2D eigenvalue weighted by Gasteiger charge is 2.20. The lowest BCUT2D eigenvalue weighted by molar-refractivity contribution is -0.385. The van der Waals surface area contributed by atoms with Gasteiger partial charge in [-0.2, -0.15) is 0 Å². The molecule has 134 valence electrons. The number of sulfone groups is 1. The Labute approximate surface area is 146 Å². The van der Waals surface area contributed by atoms with Gasteiger partial charge in [0, 0.05) is 32.0 Å². The molecule has 2 aromatic rings. The SMILES string of the molecule is COc1ccc(CN(C)c2ccc([N+](=O)[O-])cc2S(C)(=O)=O)cc1C. The topological polar surface area (TPSA) is 89.8 Å². The van der Waals surface area contributed by atoms with Crippen LogP contribution in [0.3, 0.4) is 0 Å². The maximum absolute atomic E-state index is 12.1. The van der Waals surface area contributed by atoms with E-state index in [9.17, 15) is 18.5 Å². The van der Waals surface area contributed by atoms with Crippen LogP contribution in [0, 0.1) is 17.0 Å². The van der Waals surface area contributed by atoms with E-state index in [0.717, 1.165) is 29.2 Å². The van der Waals surface area contributed by atoms with Gasteiger partial charge < -0.3 is 9.64 Å². The predicted molar refractivity (Wildman–Crippen MR) is 96.0 cm³/mol. The minimum atomic E-state index is -3.61. The fourth-order valence-corrected chi connectivity index (χ4v) is 3.57. The van der Waals surface area contributed by atoms with Crippen molar-refractivity contribution in [3.05, 3.63) is 57.6 Å². The first-order chi connectivity index (χ1) is 11.6. The molecule has 0 aliphatic heterocycles. The molecule has 0 saturated heterocycles. The first-order valence-corrected chi connectivity index (χ1v) is 9.35. The van der Waals surface area contributed by atoms with Crippen LogP contribution in [0.25, 0.3) is 0 Å². The Hall–Kier alpha value is -2.61. The number of non-ortho nitro benzene ring substituents is 1. The average Bonchev–Trinajstić information content (AvgIpc) is 2.53. The molecule has 0 N–H and O–H groups in total. The summed E-state index contributed by atoms with van der Waals surface area (Å²) in [4.78, 5) is 12.0. The summed E-state index contributed by atoms with van der Waals surface area (Å²) in [5.41, 5.74) is 2.11. The number of methoxy groups -OCH3 is 1. The van der Waals surface area contributed by atoms with Gasteiger partial charge >= 0.3 is 0 Å². The highest BCUT2D eigenvalue weighted by Crippen LogP contribution is 2.30. The number of hydrogen-bond donors (Lipinski definition) is 0. The summed E-state index contributed by atoms with van der Waals surface area (Å²) in [6, 6.07) is 9.58.